The van der Waals surface area contributed by atoms with Gasteiger partial charge in [0.2, 0.25) is 0 Å². The van der Waals surface area contributed by atoms with Gasteiger partial charge in [0.05, 0.1) is 25.4 Å². The van der Waals surface area contributed by atoms with Gasteiger partial charge in [-0.05, 0) is 0 Å². The molecule has 0 amide bonds. The fraction of sp³-hybridized carbons (Fsp3) is 1.00. The molecular formula is C4H16O8P2S. The van der Waals surface area contributed by atoms with Crippen LogP contribution >= 0.6 is 17.2 Å². The summed E-state index contributed by atoms with van der Waals surface area (Å²) in [6.45, 7) is 0. The second-order valence-corrected chi connectivity index (χ2v) is 4.74. The quantitative estimate of drug-likeness (QED) is 0.269. The van der Waals surface area contributed by atoms with Gasteiger partial charge in [-0.1, -0.05) is 17.2 Å². The Morgan fingerprint density at radius 1 is 0.733 bits per heavy atom. The minimum atomic E-state index is -4.67. The predicted molar refractivity (Wildman–Crippen MR) is 59.2 cm³/mol. The average Bonchev–Trinajstić information content (AvgIpc) is 2.05. The molecule has 0 aromatic carbocycles. The van der Waals surface area contributed by atoms with Gasteiger partial charge in [0, 0.05) is 0 Å². The molecule has 0 rings (SSSR count). The van der Waals surface area contributed by atoms with E-state index < -0.39 is 10.4 Å². The van der Waals surface area contributed by atoms with E-state index >= 15 is 0 Å². The molecule has 0 bridgehead atoms. The molecule has 0 aliphatic rings. The smallest absolute Gasteiger partial charge is 0.392 e. The molecule has 0 fully saturated rings. The Morgan fingerprint density at radius 3 is 0.867 bits per heavy atom. The first-order valence-electron chi connectivity index (χ1n) is 3.38. The first-order chi connectivity index (χ1) is 6.83. The molecule has 11 heteroatoms. The lowest BCUT2D eigenvalue weighted by atomic mass is 11.7. The third-order valence-corrected chi connectivity index (χ3v) is 1.34. The Morgan fingerprint density at radius 2 is 0.867 bits per heavy atom. The van der Waals surface area contributed by atoms with Crippen LogP contribution in [0.25, 0.3) is 0 Å². The third-order valence-electron chi connectivity index (χ3n) is 0.447. The van der Waals surface area contributed by atoms with Crippen molar-refractivity contribution in [2.24, 2.45) is 0 Å². The van der Waals surface area contributed by atoms with Crippen LogP contribution in [0.2, 0.25) is 0 Å². The van der Waals surface area contributed by atoms with E-state index in [0.29, 0.717) is 17.2 Å². The van der Waals surface area contributed by atoms with Gasteiger partial charge in [0.25, 0.3) is 0 Å². The maximum Gasteiger partial charge on any atom is 0.394 e. The molecule has 0 saturated heterocycles. The van der Waals surface area contributed by atoms with Crippen LogP contribution in [0, 0.1) is 0 Å². The highest BCUT2D eigenvalue weighted by Gasteiger charge is 1.84. The lowest BCUT2D eigenvalue weighted by molar-refractivity contribution is 0.348. The maximum atomic E-state index is 8.74. The topological polar surface area (TPSA) is 156 Å². The largest absolute Gasteiger partial charge is 0.394 e. The zero-order valence-corrected chi connectivity index (χ0v) is 10.6. The van der Waals surface area contributed by atoms with E-state index in [9.17, 15) is 0 Å². The van der Waals surface area contributed by atoms with Crippen LogP contribution in [0.1, 0.15) is 0 Å². The van der Waals surface area contributed by atoms with Gasteiger partial charge in [0.15, 0.2) is 0 Å². The van der Waals surface area contributed by atoms with E-state index in [-0.39, 0.29) is 25.4 Å². The van der Waals surface area contributed by atoms with Crippen molar-refractivity contribution in [3.05, 3.63) is 0 Å². The Balaban J connectivity index is -0.000000144. The minimum Gasteiger partial charge on any atom is -0.392 e. The van der Waals surface area contributed by atoms with E-state index in [2.05, 4.69) is 0 Å². The number of rotatable bonds is 4. The third kappa shape index (κ3) is 110. The number of hydrogen-bond acceptors (Lipinski definition) is 6. The second-order valence-electron chi connectivity index (χ2n) is 1.58. The molecule has 96 valence electrons. The zero-order chi connectivity index (χ0) is 12.7. The first kappa shape index (κ1) is 20.9. The molecule has 15 heavy (non-hydrogen) atoms. The van der Waals surface area contributed by atoms with Gasteiger partial charge in [0.1, 0.15) is 0 Å². The summed E-state index contributed by atoms with van der Waals surface area (Å²) >= 11 is 0. The van der Waals surface area contributed by atoms with Crippen LogP contribution in [0.4, 0.5) is 0 Å². The molecule has 0 aromatic heterocycles. The summed E-state index contributed by atoms with van der Waals surface area (Å²) in [7, 11) is -4.05. The monoisotopic (exact) mass is 286 g/mol. The van der Waals surface area contributed by atoms with Gasteiger partial charge in [-0.25, -0.2) is 0 Å². The Kier molecular flexibility index (Phi) is 23.7. The highest BCUT2D eigenvalue weighted by atomic mass is 32.3. The summed E-state index contributed by atoms with van der Waals surface area (Å²) in [6.07, 6.45) is 0.486. The predicted octanol–water partition coefficient (Wildman–Crippen LogP) is -1.52. The van der Waals surface area contributed by atoms with Crippen molar-refractivity contribution in [3.8, 4) is 0 Å². The van der Waals surface area contributed by atoms with E-state index in [0.717, 1.165) is 0 Å². The number of hydrogen-bond donors (Lipinski definition) is 6. The van der Waals surface area contributed by atoms with Crippen LogP contribution in [-0.2, 0) is 10.4 Å². The average molecular weight is 286 g/mol. The van der Waals surface area contributed by atoms with Crippen LogP contribution in [0.3, 0.4) is 0 Å². The van der Waals surface area contributed by atoms with Crippen molar-refractivity contribution in [2.45, 2.75) is 0 Å². The highest BCUT2D eigenvalue weighted by Crippen LogP contribution is 2.00. The van der Waals surface area contributed by atoms with Crippen molar-refractivity contribution in [1.82, 2.24) is 0 Å². The molecule has 0 unspecified atom stereocenters. The van der Waals surface area contributed by atoms with Crippen LogP contribution in [0.15, 0.2) is 0 Å². The Bertz CT molecular complexity index is 165. The van der Waals surface area contributed by atoms with Crippen molar-refractivity contribution < 1.29 is 37.9 Å². The van der Waals surface area contributed by atoms with Gasteiger partial charge in [-0.2, -0.15) is 8.42 Å². The van der Waals surface area contributed by atoms with Crippen molar-refractivity contribution >= 4 is 27.6 Å². The summed E-state index contributed by atoms with van der Waals surface area (Å²) in [6, 6.07) is 0. The van der Waals surface area contributed by atoms with Gasteiger partial charge >= 0.3 is 10.4 Å². The molecule has 0 heterocycles. The molecule has 0 spiro atoms. The molecule has 0 aliphatic carbocycles. The lowest BCUT2D eigenvalue weighted by Gasteiger charge is -1.80. The molecule has 0 atom stereocenters. The maximum absolute atomic E-state index is 8.74. The number of aliphatic hydroxyl groups excluding tert-OH is 4. The second kappa shape index (κ2) is 17.0. The van der Waals surface area contributed by atoms with Crippen molar-refractivity contribution in [1.29, 1.82) is 0 Å². The molecule has 0 aromatic rings. The summed E-state index contributed by atoms with van der Waals surface area (Å²) in [5, 5.41) is 31.7. The summed E-state index contributed by atoms with van der Waals surface area (Å²) in [5.41, 5.74) is 0. The van der Waals surface area contributed by atoms with E-state index in [1.165, 1.54) is 0 Å². The first-order valence-corrected chi connectivity index (χ1v) is 7.60. The standard InChI is InChI=1S/2C2H7O2P.H2O4S/c2*3-1-5-2-4;1-5(2,3)4/h2*3-5H,1-2H2;(H2,1,2,3,4). The summed E-state index contributed by atoms with van der Waals surface area (Å²) < 4.78 is 31.6. The van der Waals surface area contributed by atoms with Crippen LogP contribution < -0.4 is 0 Å². The molecule has 0 radical (unpaired) electrons. The van der Waals surface area contributed by atoms with Crippen LogP contribution in [-0.4, -0.2) is 63.3 Å². The van der Waals surface area contributed by atoms with Gasteiger partial charge < -0.3 is 20.4 Å². The van der Waals surface area contributed by atoms with E-state index in [4.69, 9.17) is 37.9 Å². The fourth-order valence-electron chi connectivity index (χ4n) is 0.1000. The van der Waals surface area contributed by atoms with Gasteiger partial charge in [-0.3, -0.25) is 9.11 Å². The zero-order valence-electron chi connectivity index (χ0n) is 7.74. The van der Waals surface area contributed by atoms with E-state index in [1.54, 1.807) is 0 Å². The Labute approximate surface area is 91.5 Å². The molecule has 0 saturated carbocycles. The summed E-state index contributed by atoms with van der Waals surface area (Å²) in [4.78, 5) is 0. The molecular weight excluding hydrogens is 270 g/mol. The molecule has 0 aliphatic heterocycles. The Hall–Kier alpha value is 0.570. The van der Waals surface area contributed by atoms with Crippen molar-refractivity contribution in [2.75, 3.05) is 25.4 Å². The van der Waals surface area contributed by atoms with E-state index in [1.807, 2.05) is 0 Å². The van der Waals surface area contributed by atoms with Gasteiger partial charge in [-0.15, -0.1) is 0 Å². The normalized spacial score (nSPS) is 9.47. The summed E-state index contributed by atoms with van der Waals surface area (Å²) in [5.74, 6) is 0. The molecule has 8 nitrogen and oxygen atoms in total. The molecule has 6 N–H and O–H groups in total. The number of aliphatic hydroxyl groups is 4. The minimum absolute atomic E-state index is 0.122. The highest BCUT2D eigenvalue weighted by molar-refractivity contribution is 7.79. The fourth-order valence-corrected chi connectivity index (χ4v) is 0.300. The SMILES string of the molecule is O=S(=O)(O)O.OCPCO.OCPCO. The van der Waals surface area contributed by atoms with Crippen molar-refractivity contribution in [3.63, 3.8) is 0 Å². The van der Waals surface area contributed by atoms with Crippen LogP contribution in [0.5, 0.6) is 0 Å². The lowest BCUT2D eigenvalue weighted by Crippen LogP contribution is -1.89.